The molecule has 0 fully saturated rings. The van der Waals surface area contributed by atoms with E-state index in [1.165, 1.54) is 14.2 Å². The van der Waals surface area contributed by atoms with Crippen LogP contribution < -0.4 is 10.6 Å². The Morgan fingerprint density at radius 2 is 1.00 bits per heavy atom. The van der Waals surface area contributed by atoms with Crippen LogP contribution in [-0.4, -0.2) is 64.4 Å². The number of ether oxygens (including phenoxy) is 4. The van der Waals surface area contributed by atoms with E-state index in [9.17, 15) is 19.2 Å². The summed E-state index contributed by atoms with van der Waals surface area (Å²) in [7, 11) is 3.00. The van der Waals surface area contributed by atoms with Crippen LogP contribution in [0, 0.1) is 0 Å². The molecule has 1 rings (SSSR count). The van der Waals surface area contributed by atoms with E-state index in [1.807, 2.05) is 0 Å². The Kier molecular flexibility index (Phi) is 12.5. The second-order valence-electron chi connectivity index (χ2n) is 6.10. The first-order chi connectivity index (χ1) is 14.4. The van der Waals surface area contributed by atoms with Gasteiger partial charge in [-0.15, -0.1) is 0 Å². The Bertz CT molecular complexity index is 632. The number of hydrogen-bond donors (Lipinski definition) is 2. The number of rotatable bonds is 14. The van der Waals surface area contributed by atoms with Gasteiger partial charge in [0.25, 0.3) is 0 Å². The van der Waals surface area contributed by atoms with Gasteiger partial charge in [-0.2, -0.15) is 0 Å². The van der Waals surface area contributed by atoms with Crippen LogP contribution in [0.3, 0.4) is 0 Å². The van der Waals surface area contributed by atoms with Gasteiger partial charge in [-0.05, 0) is 24.3 Å². The Hall–Kier alpha value is -2.98. The van der Waals surface area contributed by atoms with Crippen molar-refractivity contribution in [2.45, 2.75) is 25.7 Å². The summed E-state index contributed by atoms with van der Waals surface area (Å²) in [6.07, 6.45) is -0.0786. The van der Waals surface area contributed by atoms with E-state index in [-0.39, 0.29) is 50.7 Å². The zero-order valence-electron chi connectivity index (χ0n) is 17.2. The lowest BCUT2D eigenvalue weighted by Gasteiger charge is -2.08. The molecule has 0 aliphatic rings. The van der Waals surface area contributed by atoms with Gasteiger partial charge < -0.3 is 29.6 Å². The second kappa shape index (κ2) is 14.9. The molecule has 0 heterocycles. The molecule has 30 heavy (non-hydrogen) atoms. The maximum absolute atomic E-state index is 11.9. The number of methoxy groups -OCH3 is 2. The molecular formula is C20H28N2O8. The molecule has 0 aliphatic carbocycles. The minimum absolute atomic E-state index is 0.00914. The second-order valence-corrected chi connectivity index (χ2v) is 6.10. The van der Waals surface area contributed by atoms with E-state index in [0.29, 0.717) is 24.6 Å². The fourth-order valence-electron chi connectivity index (χ4n) is 2.14. The molecule has 166 valence electrons. The fourth-order valence-corrected chi connectivity index (χ4v) is 2.14. The molecule has 0 saturated heterocycles. The summed E-state index contributed by atoms with van der Waals surface area (Å²) >= 11 is 0. The van der Waals surface area contributed by atoms with Crippen LogP contribution in [0.1, 0.15) is 25.7 Å². The summed E-state index contributed by atoms with van der Waals surface area (Å²) in [6.45, 7) is 0.914. The summed E-state index contributed by atoms with van der Waals surface area (Å²) in [6, 6.07) is 6.46. The minimum Gasteiger partial charge on any atom is -0.463 e. The summed E-state index contributed by atoms with van der Waals surface area (Å²) < 4.78 is 19.3. The third-order valence-electron chi connectivity index (χ3n) is 3.67. The lowest BCUT2D eigenvalue weighted by molar-refractivity contribution is -0.146. The van der Waals surface area contributed by atoms with Crippen LogP contribution in [0.2, 0.25) is 0 Å². The monoisotopic (exact) mass is 424 g/mol. The maximum Gasteiger partial charge on any atom is 0.306 e. The van der Waals surface area contributed by atoms with Gasteiger partial charge in [0.05, 0.1) is 26.1 Å². The van der Waals surface area contributed by atoms with Gasteiger partial charge in [0, 0.05) is 38.4 Å². The highest BCUT2D eigenvalue weighted by Gasteiger charge is 2.10. The third kappa shape index (κ3) is 11.8. The highest BCUT2D eigenvalue weighted by Crippen LogP contribution is 2.14. The van der Waals surface area contributed by atoms with Crippen molar-refractivity contribution in [1.29, 1.82) is 0 Å². The van der Waals surface area contributed by atoms with E-state index in [1.54, 1.807) is 24.3 Å². The van der Waals surface area contributed by atoms with Gasteiger partial charge in [-0.3, -0.25) is 19.2 Å². The highest BCUT2D eigenvalue weighted by molar-refractivity contribution is 5.94. The first-order valence-electron chi connectivity index (χ1n) is 9.43. The van der Waals surface area contributed by atoms with E-state index < -0.39 is 11.9 Å². The summed E-state index contributed by atoms with van der Waals surface area (Å²) in [4.78, 5) is 46.7. The Morgan fingerprint density at radius 1 is 0.633 bits per heavy atom. The zero-order chi connectivity index (χ0) is 22.2. The van der Waals surface area contributed by atoms with Crippen molar-refractivity contribution in [2.24, 2.45) is 0 Å². The number of anilines is 2. The topological polar surface area (TPSA) is 129 Å². The van der Waals surface area contributed by atoms with Crippen LogP contribution in [-0.2, 0) is 38.1 Å². The van der Waals surface area contributed by atoms with Crippen molar-refractivity contribution in [3.63, 3.8) is 0 Å². The van der Waals surface area contributed by atoms with Gasteiger partial charge in [0.1, 0.15) is 13.2 Å². The number of esters is 2. The molecule has 10 nitrogen and oxygen atoms in total. The smallest absolute Gasteiger partial charge is 0.306 e. The molecule has 0 aromatic heterocycles. The summed E-state index contributed by atoms with van der Waals surface area (Å²) in [5.74, 6) is -1.60. The molecule has 2 amide bonds. The molecule has 0 saturated carbocycles. The highest BCUT2D eigenvalue weighted by atomic mass is 16.6. The lowest BCUT2D eigenvalue weighted by atomic mass is 10.2. The first kappa shape index (κ1) is 25.1. The normalized spacial score (nSPS) is 10.2. The molecule has 0 aliphatic heterocycles. The molecule has 0 bridgehead atoms. The zero-order valence-corrected chi connectivity index (χ0v) is 17.2. The predicted octanol–water partition coefficient (Wildman–Crippen LogP) is 1.50. The van der Waals surface area contributed by atoms with E-state index in [2.05, 4.69) is 10.6 Å². The molecular weight excluding hydrogens is 396 g/mol. The number of benzene rings is 1. The SMILES string of the molecule is COCCOC(=O)CCC(=O)Nc1ccc(NC(=O)CCC(=O)OCCOC)cc1. The van der Waals surface area contributed by atoms with Crippen LogP contribution in [0.5, 0.6) is 0 Å². The van der Waals surface area contributed by atoms with Gasteiger partial charge >= 0.3 is 11.9 Å². The van der Waals surface area contributed by atoms with Crippen LogP contribution in [0.25, 0.3) is 0 Å². The largest absolute Gasteiger partial charge is 0.463 e. The number of amides is 2. The summed E-state index contributed by atoms with van der Waals surface area (Å²) in [5, 5.41) is 5.31. The summed E-state index contributed by atoms with van der Waals surface area (Å²) in [5.41, 5.74) is 1.04. The lowest BCUT2D eigenvalue weighted by Crippen LogP contribution is -2.16. The maximum atomic E-state index is 11.9. The van der Waals surface area contributed by atoms with E-state index >= 15 is 0 Å². The van der Waals surface area contributed by atoms with Crippen molar-refractivity contribution < 1.29 is 38.1 Å². The quantitative estimate of drug-likeness (QED) is 0.340. The molecule has 0 unspecified atom stereocenters. The predicted molar refractivity (Wildman–Crippen MR) is 108 cm³/mol. The number of carbonyl (C=O) groups is 4. The molecule has 0 radical (unpaired) electrons. The minimum atomic E-state index is -0.470. The van der Waals surface area contributed by atoms with Gasteiger partial charge in [-0.25, -0.2) is 0 Å². The van der Waals surface area contributed by atoms with Crippen LogP contribution in [0.4, 0.5) is 11.4 Å². The van der Waals surface area contributed by atoms with E-state index in [4.69, 9.17) is 18.9 Å². The van der Waals surface area contributed by atoms with Crippen LogP contribution in [0.15, 0.2) is 24.3 Å². The number of hydrogen-bond acceptors (Lipinski definition) is 8. The molecule has 2 N–H and O–H groups in total. The Labute approximate surface area is 175 Å². The van der Waals surface area contributed by atoms with Gasteiger partial charge in [0.15, 0.2) is 0 Å². The molecule has 10 heteroatoms. The fraction of sp³-hybridized carbons (Fsp3) is 0.500. The standard InChI is InChI=1S/C20H28N2O8/c1-27-11-13-29-19(25)9-7-17(23)21-15-3-5-16(6-4-15)22-18(24)8-10-20(26)30-14-12-28-2/h3-6H,7-14H2,1-2H3,(H,21,23)(H,22,24). The molecule has 1 aromatic carbocycles. The van der Waals surface area contributed by atoms with E-state index in [0.717, 1.165) is 0 Å². The molecule has 0 atom stereocenters. The van der Waals surface area contributed by atoms with Crippen molar-refractivity contribution in [2.75, 3.05) is 51.3 Å². The van der Waals surface area contributed by atoms with Crippen molar-refractivity contribution in [1.82, 2.24) is 0 Å². The average molecular weight is 424 g/mol. The van der Waals surface area contributed by atoms with Crippen molar-refractivity contribution in [3.05, 3.63) is 24.3 Å². The van der Waals surface area contributed by atoms with Crippen LogP contribution >= 0.6 is 0 Å². The number of nitrogens with one attached hydrogen (secondary N) is 2. The van der Waals surface area contributed by atoms with Crippen molar-refractivity contribution >= 4 is 35.1 Å². The Morgan fingerprint density at radius 3 is 1.33 bits per heavy atom. The Balaban J connectivity index is 2.30. The first-order valence-corrected chi connectivity index (χ1v) is 9.43. The number of carbonyl (C=O) groups excluding carboxylic acids is 4. The third-order valence-corrected chi connectivity index (χ3v) is 3.67. The average Bonchev–Trinajstić information content (AvgIpc) is 2.72. The van der Waals surface area contributed by atoms with Gasteiger partial charge in [-0.1, -0.05) is 0 Å². The molecule has 1 aromatic rings. The molecule has 0 spiro atoms. The van der Waals surface area contributed by atoms with Crippen molar-refractivity contribution in [3.8, 4) is 0 Å². The van der Waals surface area contributed by atoms with Gasteiger partial charge in [0.2, 0.25) is 11.8 Å².